The van der Waals surface area contributed by atoms with Crippen molar-refractivity contribution in [3.05, 3.63) is 94.6 Å². The number of piperazine rings is 1. The Bertz CT molecular complexity index is 1240. The van der Waals surface area contributed by atoms with E-state index < -0.39 is 0 Å². The molecule has 3 aromatic carbocycles. The molecule has 2 N–H and O–H groups in total. The largest absolute Gasteiger partial charge is 0.508 e. The van der Waals surface area contributed by atoms with E-state index in [4.69, 9.17) is 0 Å². The normalized spacial score (nSPS) is 21.8. The lowest BCUT2D eigenvalue weighted by Gasteiger charge is -2.35. The number of likely N-dealkylation sites (N-methyl/N-ethyl adjacent to an activating group) is 1. The lowest BCUT2D eigenvalue weighted by Crippen LogP contribution is -2.46. The molecule has 2 aliphatic carbocycles. The zero-order chi connectivity index (χ0) is 22.6. The summed E-state index contributed by atoms with van der Waals surface area (Å²) in [7, 11) is 0. The van der Waals surface area contributed by atoms with Crippen molar-refractivity contribution in [1.29, 1.82) is 0 Å². The third kappa shape index (κ3) is 3.24. The molecule has 0 saturated carbocycles. The van der Waals surface area contributed by atoms with Gasteiger partial charge in [0, 0.05) is 37.3 Å². The van der Waals surface area contributed by atoms with E-state index in [1.807, 2.05) is 12.1 Å². The van der Waals surface area contributed by atoms with Gasteiger partial charge in [0.25, 0.3) is 0 Å². The molecule has 1 aliphatic heterocycles. The highest BCUT2D eigenvalue weighted by atomic mass is 16.3. The Kier molecular flexibility index (Phi) is 4.73. The highest BCUT2D eigenvalue weighted by molar-refractivity contribution is 5.89. The molecule has 0 radical (unpaired) electrons. The highest BCUT2D eigenvalue weighted by Gasteiger charge is 2.44. The van der Waals surface area contributed by atoms with Gasteiger partial charge in [0.2, 0.25) is 0 Å². The van der Waals surface area contributed by atoms with Gasteiger partial charge in [-0.3, -0.25) is 0 Å². The van der Waals surface area contributed by atoms with Crippen LogP contribution in [0, 0.1) is 0 Å². The number of aryl methyl sites for hydroxylation is 1. The Labute approximate surface area is 195 Å². The van der Waals surface area contributed by atoms with E-state index in [-0.39, 0.29) is 5.41 Å². The van der Waals surface area contributed by atoms with E-state index in [1.54, 1.807) is 12.1 Å². The van der Waals surface area contributed by atoms with Gasteiger partial charge in [-0.2, -0.15) is 0 Å². The van der Waals surface area contributed by atoms with Gasteiger partial charge in [-0.1, -0.05) is 37.3 Å². The molecular formula is C29H30N2O2. The van der Waals surface area contributed by atoms with Crippen molar-refractivity contribution in [1.82, 2.24) is 4.90 Å². The standard InChI is InChI=1S/C29H30N2O2/c1-2-30-13-15-31(16-14-30)22-5-3-20(4-6-22)26-19-29(28-10-8-24(33)18-25(26)28)12-11-21-17-23(32)7-9-27(21)29/h3-10,17-19,32-33H,2,11-16H2,1H3. The van der Waals surface area contributed by atoms with E-state index in [0.29, 0.717) is 11.5 Å². The Morgan fingerprint density at radius 2 is 1.52 bits per heavy atom. The highest BCUT2D eigenvalue weighted by Crippen LogP contribution is 2.54. The molecule has 1 heterocycles. The second-order valence-electron chi connectivity index (χ2n) is 9.57. The quantitative estimate of drug-likeness (QED) is 0.610. The van der Waals surface area contributed by atoms with Gasteiger partial charge in [0.05, 0.1) is 0 Å². The molecule has 4 nitrogen and oxygen atoms in total. The summed E-state index contributed by atoms with van der Waals surface area (Å²) in [6.07, 6.45) is 4.32. The molecule has 1 fully saturated rings. The van der Waals surface area contributed by atoms with Crippen LogP contribution < -0.4 is 4.90 Å². The molecule has 33 heavy (non-hydrogen) atoms. The first-order valence-corrected chi connectivity index (χ1v) is 12.0. The number of phenols is 2. The number of nitrogens with zero attached hydrogens (tertiary/aromatic N) is 2. The minimum absolute atomic E-state index is 0.198. The van der Waals surface area contributed by atoms with E-state index in [1.165, 1.54) is 33.5 Å². The molecule has 1 spiro atoms. The van der Waals surface area contributed by atoms with Crippen LogP contribution in [0.5, 0.6) is 11.5 Å². The third-order valence-electron chi connectivity index (χ3n) is 7.89. The summed E-state index contributed by atoms with van der Waals surface area (Å²) in [6, 6.07) is 20.5. The topological polar surface area (TPSA) is 46.9 Å². The maximum absolute atomic E-state index is 10.3. The van der Waals surface area contributed by atoms with E-state index >= 15 is 0 Å². The van der Waals surface area contributed by atoms with Crippen LogP contribution in [0.25, 0.3) is 5.57 Å². The molecular weight excluding hydrogens is 408 g/mol. The number of phenolic OH excluding ortho intramolecular Hbond substituents is 2. The van der Waals surface area contributed by atoms with Gasteiger partial charge in [0.1, 0.15) is 11.5 Å². The minimum atomic E-state index is -0.198. The third-order valence-corrected chi connectivity index (χ3v) is 7.89. The summed E-state index contributed by atoms with van der Waals surface area (Å²) in [5.41, 5.74) is 8.29. The number of benzene rings is 3. The fourth-order valence-corrected chi connectivity index (χ4v) is 6.08. The van der Waals surface area contributed by atoms with Crippen LogP contribution in [0.15, 0.2) is 66.7 Å². The van der Waals surface area contributed by atoms with E-state index in [9.17, 15) is 10.2 Å². The van der Waals surface area contributed by atoms with Crippen LogP contribution in [0.4, 0.5) is 5.69 Å². The Morgan fingerprint density at radius 1 is 0.818 bits per heavy atom. The van der Waals surface area contributed by atoms with Crippen LogP contribution in [0.1, 0.15) is 41.2 Å². The molecule has 4 heteroatoms. The Hall–Kier alpha value is -3.24. The zero-order valence-corrected chi connectivity index (χ0v) is 19.1. The number of hydrogen-bond acceptors (Lipinski definition) is 4. The summed E-state index contributed by atoms with van der Waals surface area (Å²) >= 11 is 0. The first kappa shape index (κ1) is 20.4. The summed E-state index contributed by atoms with van der Waals surface area (Å²) in [4.78, 5) is 4.97. The first-order chi connectivity index (χ1) is 16.1. The number of aromatic hydroxyl groups is 2. The van der Waals surface area contributed by atoms with Crippen molar-refractivity contribution in [3.63, 3.8) is 0 Å². The summed E-state index contributed by atoms with van der Waals surface area (Å²) < 4.78 is 0. The van der Waals surface area contributed by atoms with Crippen LogP contribution in [0.2, 0.25) is 0 Å². The van der Waals surface area contributed by atoms with Crippen molar-refractivity contribution in [2.45, 2.75) is 25.2 Å². The summed E-state index contributed by atoms with van der Waals surface area (Å²) in [6.45, 7) is 7.73. The molecule has 3 aliphatic rings. The molecule has 6 rings (SSSR count). The molecule has 1 unspecified atom stereocenters. The maximum atomic E-state index is 10.3. The molecule has 0 aromatic heterocycles. The molecule has 3 aromatic rings. The number of anilines is 1. The second kappa shape index (κ2) is 7.67. The van der Waals surface area contributed by atoms with E-state index in [0.717, 1.165) is 51.1 Å². The zero-order valence-electron chi connectivity index (χ0n) is 19.1. The van der Waals surface area contributed by atoms with E-state index in [2.05, 4.69) is 59.2 Å². The Balaban J connectivity index is 1.38. The molecule has 0 amide bonds. The van der Waals surface area contributed by atoms with Gasteiger partial charge >= 0.3 is 0 Å². The predicted octanol–water partition coefficient (Wildman–Crippen LogP) is 4.92. The van der Waals surface area contributed by atoms with Crippen molar-refractivity contribution in [2.75, 3.05) is 37.6 Å². The number of allylic oxidation sites excluding steroid dienone is 1. The lowest BCUT2D eigenvalue weighted by atomic mass is 9.77. The fourth-order valence-electron chi connectivity index (χ4n) is 6.08. The Morgan fingerprint density at radius 3 is 2.24 bits per heavy atom. The number of rotatable bonds is 3. The van der Waals surface area contributed by atoms with Gasteiger partial charge in [-0.05, 0) is 89.2 Å². The van der Waals surface area contributed by atoms with Crippen LogP contribution in [0.3, 0.4) is 0 Å². The molecule has 1 atom stereocenters. The van der Waals surface area contributed by atoms with Crippen LogP contribution in [-0.2, 0) is 11.8 Å². The second-order valence-corrected chi connectivity index (χ2v) is 9.57. The van der Waals surface area contributed by atoms with Crippen LogP contribution in [-0.4, -0.2) is 47.8 Å². The van der Waals surface area contributed by atoms with Crippen LogP contribution >= 0.6 is 0 Å². The van der Waals surface area contributed by atoms with Gasteiger partial charge < -0.3 is 20.0 Å². The molecule has 168 valence electrons. The smallest absolute Gasteiger partial charge is 0.116 e. The number of fused-ring (bicyclic) bond motifs is 4. The maximum Gasteiger partial charge on any atom is 0.116 e. The molecule has 0 bridgehead atoms. The number of hydrogen-bond donors (Lipinski definition) is 2. The molecule has 1 saturated heterocycles. The monoisotopic (exact) mass is 438 g/mol. The SMILES string of the molecule is CCN1CCN(c2ccc(C3=CC4(CCc5cc(O)ccc54)c4ccc(O)cc43)cc2)CC1. The van der Waals surface area contributed by atoms with Gasteiger partial charge in [-0.15, -0.1) is 0 Å². The van der Waals surface area contributed by atoms with Crippen molar-refractivity contribution in [3.8, 4) is 11.5 Å². The first-order valence-electron chi connectivity index (χ1n) is 12.0. The predicted molar refractivity (Wildman–Crippen MR) is 133 cm³/mol. The van der Waals surface area contributed by atoms with Crippen molar-refractivity contribution >= 4 is 11.3 Å². The summed E-state index contributed by atoms with van der Waals surface area (Å²) in [5.74, 6) is 0.625. The lowest BCUT2D eigenvalue weighted by molar-refractivity contribution is 0.271. The van der Waals surface area contributed by atoms with Crippen molar-refractivity contribution < 1.29 is 10.2 Å². The fraction of sp³-hybridized carbons (Fsp3) is 0.310. The average Bonchev–Trinajstić information content (AvgIpc) is 3.37. The van der Waals surface area contributed by atoms with Gasteiger partial charge in [0.15, 0.2) is 0 Å². The summed E-state index contributed by atoms with van der Waals surface area (Å²) in [5, 5.41) is 20.3. The minimum Gasteiger partial charge on any atom is -0.508 e. The van der Waals surface area contributed by atoms with Gasteiger partial charge in [-0.25, -0.2) is 0 Å². The van der Waals surface area contributed by atoms with Crippen molar-refractivity contribution in [2.24, 2.45) is 0 Å². The average molecular weight is 439 g/mol.